The van der Waals surface area contributed by atoms with Crippen LogP contribution < -0.4 is 19.5 Å². The van der Waals surface area contributed by atoms with Crippen molar-refractivity contribution in [2.45, 2.75) is 0 Å². The van der Waals surface area contributed by atoms with E-state index >= 15 is 0 Å². The van der Waals surface area contributed by atoms with Crippen molar-refractivity contribution >= 4 is 17.1 Å². The summed E-state index contributed by atoms with van der Waals surface area (Å²) < 4.78 is 12.4. The topological polar surface area (TPSA) is 72.0 Å². The lowest BCUT2D eigenvalue weighted by atomic mass is 10.1. The maximum absolute atomic E-state index is 5.30. The van der Waals surface area contributed by atoms with E-state index in [9.17, 15) is 0 Å². The summed E-state index contributed by atoms with van der Waals surface area (Å²) in [5, 5.41) is 17.0. The molecule has 0 amide bonds. The molecule has 4 aromatic rings. The van der Waals surface area contributed by atoms with Gasteiger partial charge < -0.3 is 14.8 Å². The first-order valence-corrected chi connectivity index (χ1v) is 10.1. The predicted molar refractivity (Wildman–Crippen MR) is 124 cm³/mol. The number of anilines is 1. The number of methoxy groups -OCH3 is 2. The van der Waals surface area contributed by atoms with Gasteiger partial charge in [-0.15, -0.1) is 5.11 Å². The highest BCUT2D eigenvalue weighted by molar-refractivity contribution is 5.79. The molecular weight excluding hydrogens is 402 g/mol. The van der Waals surface area contributed by atoms with Crippen molar-refractivity contribution in [1.82, 2.24) is 5.10 Å². The number of azo groups is 1. The Morgan fingerprint density at radius 2 is 1.41 bits per heavy atom. The minimum Gasteiger partial charge on any atom is -0.497 e. The molecule has 1 aromatic heterocycles. The van der Waals surface area contributed by atoms with Gasteiger partial charge in [0.25, 0.3) is 5.69 Å². The summed E-state index contributed by atoms with van der Waals surface area (Å²) >= 11 is 0. The number of ether oxygens (including phenoxy) is 2. The quantitative estimate of drug-likeness (QED) is 0.313. The highest BCUT2D eigenvalue weighted by Gasteiger charge is 2.26. The fourth-order valence-electron chi connectivity index (χ4n) is 3.28. The summed E-state index contributed by atoms with van der Waals surface area (Å²) in [5.74, 6) is 1.55. The van der Waals surface area contributed by atoms with Gasteiger partial charge in [0, 0.05) is 24.3 Å². The van der Waals surface area contributed by atoms with Crippen LogP contribution in [0.2, 0.25) is 0 Å². The molecule has 0 bridgehead atoms. The van der Waals surface area contributed by atoms with Gasteiger partial charge in [-0.25, -0.2) is 0 Å². The van der Waals surface area contributed by atoms with Gasteiger partial charge in [-0.05, 0) is 53.2 Å². The van der Waals surface area contributed by atoms with Crippen molar-refractivity contribution < 1.29 is 14.2 Å². The summed E-state index contributed by atoms with van der Waals surface area (Å²) in [5.41, 5.74) is 4.84. The van der Waals surface area contributed by atoms with Crippen molar-refractivity contribution in [2.75, 3.05) is 26.6 Å². The number of aromatic nitrogens is 2. The second kappa shape index (κ2) is 9.70. The molecule has 7 nitrogen and oxygen atoms in total. The predicted octanol–water partition coefficient (Wildman–Crippen LogP) is 5.50. The van der Waals surface area contributed by atoms with Crippen LogP contribution in [0.15, 0.2) is 95.3 Å². The average molecular weight is 427 g/mol. The molecule has 160 valence electrons. The molecule has 1 N–H and O–H groups in total. The van der Waals surface area contributed by atoms with E-state index in [0.29, 0.717) is 5.69 Å². The Hall–Kier alpha value is -4.26. The maximum atomic E-state index is 5.30. The summed E-state index contributed by atoms with van der Waals surface area (Å²) in [6, 6.07) is 25.2. The summed E-state index contributed by atoms with van der Waals surface area (Å²) in [4.78, 5) is 0. The van der Waals surface area contributed by atoms with Gasteiger partial charge in [0.1, 0.15) is 17.7 Å². The molecule has 0 saturated heterocycles. The van der Waals surface area contributed by atoms with Crippen molar-refractivity contribution in [3.05, 3.63) is 85.1 Å². The molecule has 0 fully saturated rings. The molecule has 0 unspecified atom stereocenters. The van der Waals surface area contributed by atoms with Gasteiger partial charge in [0.2, 0.25) is 5.69 Å². The van der Waals surface area contributed by atoms with Gasteiger partial charge in [-0.2, -0.15) is 5.11 Å². The standard InChI is InChI=1S/C25H23N5O2/c1-26-23-17-27-30(20-11-15-22(32-3)16-12-20)25(18-7-5-4-6-8-18)24(23)29-28-19-9-13-21(31-2)14-10-19/h4-17H,1-3H3/p+1. The molecular formula is C25H24N5O2+. The van der Waals surface area contributed by atoms with Gasteiger partial charge in [-0.3, -0.25) is 0 Å². The monoisotopic (exact) mass is 426 g/mol. The van der Waals surface area contributed by atoms with E-state index in [4.69, 9.17) is 9.47 Å². The Labute approximate surface area is 187 Å². The molecule has 1 heterocycles. The molecule has 3 aromatic carbocycles. The van der Waals surface area contributed by atoms with E-state index in [0.717, 1.165) is 39.8 Å². The second-order valence-corrected chi connectivity index (χ2v) is 6.88. The fourth-order valence-corrected chi connectivity index (χ4v) is 3.28. The molecule has 0 atom stereocenters. The third-order valence-corrected chi connectivity index (χ3v) is 4.96. The summed E-state index contributed by atoms with van der Waals surface area (Å²) in [7, 11) is 5.13. The van der Waals surface area contributed by atoms with Crippen LogP contribution in [-0.2, 0) is 0 Å². The van der Waals surface area contributed by atoms with E-state index in [1.807, 2.05) is 90.6 Å². The molecule has 0 spiro atoms. The lowest BCUT2D eigenvalue weighted by Gasteiger charge is -2.09. The zero-order valence-corrected chi connectivity index (χ0v) is 18.2. The van der Waals surface area contributed by atoms with E-state index in [2.05, 4.69) is 20.6 Å². The largest absolute Gasteiger partial charge is 0.497 e. The van der Waals surface area contributed by atoms with Gasteiger partial charge >= 0.3 is 0 Å². The lowest BCUT2D eigenvalue weighted by Crippen LogP contribution is -2.37. The van der Waals surface area contributed by atoms with Crippen LogP contribution in [0.3, 0.4) is 0 Å². The fraction of sp³-hybridized carbons (Fsp3) is 0.120. The lowest BCUT2D eigenvalue weighted by molar-refractivity contribution is -0.648. The van der Waals surface area contributed by atoms with Crippen LogP contribution >= 0.6 is 0 Å². The first kappa shape index (κ1) is 21.0. The normalized spacial score (nSPS) is 10.8. The van der Waals surface area contributed by atoms with Crippen LogP contribution in [0.4, 0.5) is 17.1 Å². The number of benzene rings is 3. The van der Waals surface area contributed by atoms with E-state index < -0.39 is 0 Å². The van der Waals surface area contributed by atoms with Crippen LogP contribution in [-0.4, -0.2) is 26.4 Å². The summed E-state index contributed by atoms with van der Waals surface area (Å²) in [6.45, 7) is 0. The molecule has 0 saturated carbocycles. The van der Waals surface area contributed by atoms with Crippen molar-refractivity contribution in [2.24, 2.45) is 10.2 Å². The summed E-state index contributed by atoms with van der Waals surface area (Å²) in [6.07, 6.45) is 1.75. The van der Waals surface area contributed by atoms with Crippen LogP contribution in [0, 0.1) is 0 Å². The van der Waals surface area contributed by atoms with E-state index in [-0.39, 0.29) is 0 Å². The first-order valence-electron chi connectivity index (χ1n) is 10.1. The van der Waals surface area contributed by atoms with Crippen molar-refractivity contribution in [3.63, 3.8) is 0 Å². The molecule has 0 aliphatic rings. The Morgan fingerprint density at radius 3 is 2.00 bits per heavy atom. The second-order valence-electron chi connectivity index (χ2n) is 6.88. The molecule has 0 aliphatic carbocycles. The van der Waals surface area contributed by atoms with Crippen molar-refractivity contribution in [1.29, 1.82) is 0 Å². The Balaban J connectivity index is 1.88. The first-order chi connectivity index (χ1) is 15.7. The number of rotatable bonds is 7. The SMILES string of the molecule is CNc1cn[n+](-c2ccc(OC)cc2)c(-c2ccccc2)c1N=Nc1ccc(OC)cc1. The zero-order chi connectivity index (χ0) is 22.3. The number of nitrogens with zero attached hydrogens (tertiary/aromatic N) is 4. The van der Waals surface area contributed by atoms with Gasteiger partial charge in [-0.1, -0.05) is 18.2 Å². The Bertz CT molecular complexity index is 1210. The highest BCUT2D eigenvalue weighted by atomic mass is 16.5. The van der Waals surface area contributed by atoms with Crippen LogP contribution in [0.25, 0.3) is 16.9 Å². The van der Waals surface area contributed by atoms with Gasteiger partial charge in [0.05, 0.1) is 31.2 Å². The number of nitrogens with one attached hydrogen (secondary N) is 1. The van der Waals surface area contributed by atoms with Crippen LogP contribution in [0.1, 0.15) is 0 Å². The minimum atomic E-state index is 0.681. The third-order valence-electron chi connectivity index (χ3n) is 4.96. The number of hydrogen-bond acceptors (Lipinski definition) is 6. The maximum Gasteiger partial charge on any atom is 0.275 e. The number of hydrogen-bond donors (Lipinski definition) is 1. The molecule has 4 rings (SSSR count). The molecule has 0 radical (unpaired) electrons. The van der Waals surface area contributed by atoms with Gasteiger partial charge in [0.15, 0.2) is 5.69 Å². The van der Waals surface area contributed by atoms with E-state index in [1.54, 1.807) is 20.4 Å². The smallest absolute Gasteiger partial charge is 0.275 e. The highest BCUT2D eigenvalue weighted by Crippen LogP contribution is 2.35. The minimum absolute atomic E-state index is 0.681. The molecule has 0 aliphatic heterocycles. The average Bonchev–Trinajstić information content (AvgIpc) is 2.87. The zero-order valence-electron chi connectivity index (χ0n) is 18.2. The van der Waals surface area contributed by atoms with Crippen molar-refractivity contribution in [3.8, 4) is 28.4 Å². The Kier molecular flexibility index (Phi) is 6.36. The van der Waals surface area contributed by atoms with E-state index in [1.165, 1.54) is 0 Å². The Morgan fingerprint density at radius 1 is 0.781 bits per heavy atom. The molecule has 32 heavy (non-hydrogen) atoms. The molecule has 7 heteroatoms. The third kappa shape index (κ3) is 4.41. The van der Waals surface area contributed by atoms with Crippen LogP contribution in [0.5, 0.6) is 11.5 Å².